The zero-order valence-corrected chi connectivity index (χ0v) is 13.0. The Morgan fingerprint density at radius 1 is 1.28 bits per heavy atom. The highest BCUT2D eigenvalue weighted by atomic mass is 19.2. The van der Waals surface area contributed by atoms with E-state index in [4.69, 9.17) is 4.74 Å². The minimum absolute atomic E-state index is 0.0308. The molecule has 0 radical (unpaired) electrons. The van der Waals surface area contributed by atoms with Crippen LogP contribution < -0.4 is 5.32 Å². The smallest absolute Gasteiger partial charge is 0.311 e. The molecule has 25 heavy (non-hydrogen) atoms. The van der Waals surface area contributed by atoms with Gasteiger partial charge in [0.15, 0.2) is 17.4 Å². The van der Waals surface area contributed by atoms with Crippen LogP contribution in [0.25, 0.3) is 0 Å². The number of phenolic OH excluding ortho intramolecular Hbond substituents is 1. The van der Waals surface area contributed by atoms with Crippen LogP contribution in [0.15, 0.2) is 36.4 Å². The zero-order valence-electron chi connectivity index (χ0n) is 13.0. The first kappa shape index (κ1) is 18.3. The number of carbonyl (C=O) groups excluding carboxylic acids is 1. The minimum atomic E-state index is -1.08. The maximum atomic E-state index is 13.4. The third-order valence-electron chi connectivity index (χ3n) is 3.42. The molecule has 0 aliphatic carbocycles. The molecule has 9 heteroatoms. The number of benzene rings is 2. The van der Waals surface area contributed by atoms with Crippen molar-refractivity contribution in [2.24, 2.45) is 0 Å². The Hall–Kier alpha value is -3.07. The number of carbonyl (C=O) groups is 1. The van der Waals surface area contributed by atoms with Crippen molar-refractivity contribution in [1.29, 1.82) is 0 Å². The predicted molar refractivity (Wildman–Crippen MR) is 83.2 cm³/mol. The Balaban J connectivity index is 2.27. The average molecular weight is 352 g/mol. The quantitative estimate of drug-likeness (QED) is 0.615. The van der Waals surface area contributed by atoms with Gasteiger partial charge in [-0.3, -0.25) is 14.9 Å². The monoisotopic (exact) mass is 352 g/mol. The molecule has 0 fully saturated rings. The summed E-state index contributed by atoms with van der Waals surface area (Å²) in [6.45, 7) is -0.0308. The normalized spacial score (nSPS) is 11.8. The first-order valence-electron chi connectivity index (χ1n) is 7.05. The van der Waals surface area contributed by atoms with Gasteiger partial charge in [0.25, 0.3) is 5.91 Å². The maximum absolute atomic E-state index is 13.4. The Morgan fingerprint density at radius 2 is 2.00 bits per heavy atom. The van der Waals surface area contributed by atoms with E-state index in [1.165, 1.54) is 19.2 Å². The summed E-state index contributed by atoms with van der Waals surface area (Å²) < 4.78 is 31.4. The van der Waals surface area contributed by atoms with E-state index in [-0.39, 0.29) is 17.7 Å². The van der Waals surface area contributed by atoms with Gasteiger partial charge < -0.3 is 15.2 Å². The second kappa shape index (κ2) is 7.67. The molecule has 2 N–H and O–H groups in total. The van der Waals surface area contributed by atoms with Gasteiger partial charge in [0.05, 0.1) is 17.6 Å². The number of nitro benzene ring substituents is 1. The molecule has 0 unspecified atom stereocenters. The van der Waals surface area contributed by atoms with Crippen LogP contribution in [-0.4, -0.2) is 29.7 Å². The van der Waals surface area contributed by atoms with E-state index >= 15 is 0 Å². The Morgan fingerprint density at radius 3 is 2.60 bits per heavy atom. The molecule has 7 nitrogen and oxygen atoms in total. The van der Waals surface area contributed by atoms with Gasteiger partial charge in [-0.1, -0.05) is 6.07 Å². The number of nitrogens with one attached hydrogen (secondary N) is 1. The molecule has 0 saturated heterocycles. The molecule has 132 valence electrons. The number of nitrogens with zero attached hydrogens (tertiary/aromatic N) is 1. The van der Waals surface area contributed by atoms with Crippen molar-refractivity contribution in [1.82, 2.24) is 5.32 Å². The van der Waals surface area contributed by atoms with Crippen LogP contribution in [0.1, 0.15) is 22.0 Å². The van der Waals surface area contributed by atoms with Crippen LogP contribution >= 0.6 is 0 Å². The minimum Gasteiger partial charge on any atom is -0.502 e. The lowest BCUT2D eigenvalue weighted by Gasteiger charge is -2.18. The van der Waals surface area contributed by atoms with E-state index in [1.807, 2.05) is 0 Å². The summed E-state index contributed by atoms with van der Waals surface area (Å²) in [5.41, 5.74) is -0.431. The van der Waals surface area contributed by atoms with Crippen molar-refractivity contribution in [3.8, 4) is 5.75 Å². The van der Waals surface area contributed by atoms with E-state index in [0.717, 1.165) is 24.3 Å². The Kier molecular flexibility index (Phi) is 5.60. The number of methoxy groups -OCH3 is 1. The average Bonchev–Trinajstić information content (AvgIpc) is 2.57. The largest absolute Gasteiger partial charge is 0.502 e. The van der Waals surface area contributed by atoms with Crippen LogP contribution in [0.5, 0.6) is 5.75 Å². The first-order valence-corrected chi connectivity index (χ1v) is 7.05. The molecule has 2 aromatic rings. The number of rotatable bonds is 6. The summed E-state index contributed by atoms with van der Waals surface area (Å²) in [4.78, 5) is 22.3. The summed E-state index contributed by atoms with van der Waals surface area (Å²) in [5.74, 6) is -3.38. The summed E-state index contributed by atoms with van der Waals surface area (Å²) in [6, 6.07) is 5.48. The zero-order chi connectivity index (χ0) is 18.6. The van der Waals surface area contributed by atoms with Crippen LogP contribution in [-0.2, 0) is 4.74 Å². The SMILES string of the molecule is COC[C@H](NC(=O)c1ccc(O)c([N+](=O)[O-])c1)c1ccc(F)c(F)c1. The number of ether oxygens (including phenoxy) is 1. The predicted octanol–water partition coefficient (Wildman–Crippen LogP) is 2.70. The van der Waals surface area contributed by atoms with Crippen molar-refractivity contribution < 1.29 is 28.3 Å². The number of hydrogen-bond donors (Lipinski definition) is 2. The summed E-state index contributed by atoms with van der Waals surface area (Å²) in [6.07, 6.45) is 0. The Bertz CT molecular complexity index is 813. The number of halogens is 2. The Labute approximate surface area is 141 Å². The molecule has 0 bridgehead atoms. The van der Waals surface area contributed by atoms with E-state index in [9.17, 15) is 28.8 Å². The molecule has 0 aromatic heterocycles. The van der Waals surface area contributed by atoms with E-state index in [2.05, 4.69) is 5.32 Å². The van der Waals surface area contributed by atoms with Crippen LogP contribution in [0.4, 0.5) is 14.5 Å². The molecule has 2 aromatic carbocycles. The third-order valence-corrected chi connectivity index (χ3v) is 3.42. The van der Waals surface area contributed by atoms with Gasteiger partial charge in [-0.2, -0.15) is 0 Å². The summed E-state index contributed by atoms with van der Waals surface area (Å²) in [7, 11) is 1.37. The van der Waals surface area contributed by atoms with Gasteiger partial charge in [-0.25, -0.2) is 8.78 Å². The third kappa shape index (κ3) is 4.27. The van der Waals surface area contributed by atoms with Gasteiger partial charge in [0.2, 0.25) is 0 Å². The van der Waals surface area contributed by atoms with Gasteiger partial charge in [-0.15, -0.1) is 0 Å². The number of nitro groups is 1. The molecule has 0 heterocycles. The van der Waals surface area contributed by atoms with Crippen molar-refractivity contribution in [3.05, 3.63) is 69.3 Å². The first-order chi connectivity index (χ1) is 11.8. The second-order valence-electron chi connectivity index (χ2n) is 5.12. The van der Waals surface area contributed by atoms with Crippen LogP contribution in [0, 0.1) is 21.7 Å². The topological polar surface area (TPSA) is 102 Å². The molecular weight excluding hydrogens is 338 g/mol. The molecular formula is C16H14F2N2O5. The summed E-state index contributed by atoms with van der Waals surface area (Å²) in [5, 5.41) is 22.8. The van der Waals surface area contributed by atoms with Crippen LogP contribution in [0.3, 0.4) is 0 Å². The van der Waals surface area contributed by atoms with Gasteiger partial charge in [0, 0.05) is 18.7 Å². The van der Waals surface area contributed by atoms with Gasteiger partial charge in [0.1, 0.15) is 0 Å². The molecule has 0 saturated carbocycles. The van der Waals surface area contributed by atoms with Gasteiger partial charge >= 0.3 is 5.69 Å². The molecule has 2 rings (SSSR count). The fraction of sp³-hybridized carbons (Fsp3) is 0.188. The fourth-order valence-corrected chi connectivity index (χ4v) is 2.17. The molecule has 0 aliphatic heterocycles. The number of phenols is 1. The van der Waals surface area contributed by atoms with E-state index < -0.39 is 39.9 Å². The highest BCUT2D eigenvalue weighted by Gasteiger charge is 2.21. The van der Waals surface area contributed by atoms with Crippen molar-refractivity contribution >= 4 is 11.6 Å². The van der Waals surface area contributed by atoms with E-state index in [1.54, 1.807) is 0 Å². The maximum Gasteiger partial charge on any atom is 0.311 e. The fourth-order valence-electron chi connectivity index (χ4n) is 2.17. The van der Waals surface area contributed by atoms with Crippen molar-refractivity contribution in [2.45, 2.75) is 6.04 Å². The molecule has 0 spiro atoms. The number of amides is 1. The van der Waals surface area contributed by atoms with Crippen molar-refractivity contribution in [3.63, 3.8) is 0 Å². The van der Waals surface area contributed by atoms with E-state index in [0.29, 0.717) is 0 Å². The standard InChI is InChI=1S/C16H14F2N2O5/c1-25-8-13(9-2-4-11(17)12(18)6-9)19-16(22)10-3-5-15(21)14(7-10)20(23)24/h2-7,13,21H,8H2,1H3,(H,19,22)/t13-/m0/s1. The molecule has 1 atom stereocenters. The lowest BCUT2D eigenvalue weighted by Crippen LogP contribution is -2.31. The second-order valence-corrected chi connectivity index (χ2v) is 5.12. The van der Waals surface area contributed by atoms with Crippen molar-refractivity contribution in [2.75, 3.05) is 13.7 Å². The highest BCUT2D eigenvalue weighted by Crippen LogP contribution is 2.26. The lowest BCUT2D eigenvalue weighted by atomic mass is 10.1. The van der Waals surface area contributed by atoms with Gasteiger partial charge in [-0.05, 0) is 29.8 Å². The summed E-state index contributed by atoms with van der Waals surface area (Å²) >= 11 is 0. The van der Waals surface area contributed by atoms with Crippen LogP contribution in [0.2, 0.25) is 0 Å². The lowest BCUT2D eigenvalue weighted by molar-refractivity contribution is -0.385. The number of hydrogen-bond acceptors (Lipinski definition) is 5. The number of aromatic hydroxyl groups is 1. The highest BCUT2D eigenvalue weighted by molar-refractivity contribution is 5.95. The molecule has 0 aliphatic rings. The molecule has 1 amide bonds.